The number of unbranched alkanes of at least 4 members (excludes halogenated alkanes) is 3. The highest BCUT2D eigenvalue weighted by Gasteiger charge is 2.80. The molecule has 3 unspecified atom stereocenters. The molecule has 1 aromatic rings. The van der Waals surface area contributed by atoms with Gasteiger partial charge in [0.1, 0.15) is 17.4 Å². The molecule has 1 N–H and O–H groups in total. The van der Waals surface area contributed by atoms with Crippen molar-refractivity contribution in [1.82, 2.24) is 9.80 Å². The molecule has 6 atom stereocenters. The van der Waals surface area contributed by atoms with Crippen LogP contribution in [0.4, 0.5) is 5.69 Å². The Hall–Kier alpha value is -3.17. The first-order chi connectivity index (χ1) is 19.6. The predicted octanol–water partition coefficient (Wildman–Crippen LogP) is 3.42. The number of methoxy groups -OCH3 is 1. The molecule has 1 aromatic carbocycles. The SMILES string of the molecule is C=CCN(C)C(=O)[C@H]1[C@H]2C(=O)N(CCCCCCO)C(C(=O)N(CC=C)c3ccc(OC)cc3)C23CC(C)[C@]1(C)O3. The van der Waals surface area contributed by atoms with Gasteiger partial charge >= 0.3 is 0 Å². The average Bonchev–Trinajstić information content (AvgIpc) is 3.47. The van der Waals surface area contributed by atoms with E-state index in [1.54, 1.807) is 53.1 Å². The summed E-state index contributed by atoms with van der Waals surface area (Å²) in [5.41, 5.74) is -1.33. The fourth-order valence-electron chi connectivity index (χ4n) is 7.26. The summed E-state index contributed by atoms with van der Waals surface area (Å²) in [6.45, 7) is 12.7. The third kappa shape index (κ3) is 5.18. The summed E-state index contributed by atoms with van der Waals surface area (Å²) >= 11 is 0. The Kier molecular flexibility index (Phi) is 9.29. The number of fused-ring (bicyclic) bond motifs is 1. The van der Waals surface area contributed by atoms with Gasteiger partial charge in [-0.15, -0.1) is 13.2 Å². The number of aliphatic hydroxyl groups excluding tert-OH is 1. The Labute approximate surface area is 243 Å². The van der Waals surface area contributed by atoms with Crippen LogP contribution in [0.5, 0.6) is 5.75 Å². The van der Waals surface area contributed by atoms with Gasteiger partial charge in [-0.05, 0) is 56.4 Å². The number of likely N-dealkylation sites (N-methyl/N-ethyl adjacent to an activating group) is 1. The topological polar surface area (TPSA) is 99.6 Å². The standard InChI is InChI=1S/C32H45N3O6/c1-7-17-33(5)28(37)25-26-29(38)35(19-11-9-10-12-20-36)27(32(26)21-22(3)31(25,4)41-32)30(39)34(18-8-2)23-13-15-24(40-6)16-14-23/h7-8,13-16,22,25-27,36H,1-2,9-12,17-21H2,3-6H3/t22?,25-,26+,27?,31+,32?/m1/s1. The number of ether oxygens (including phenoxy) is 2. The van der Waals surface area contributed by atoms with Crippen LogP contribution >= 0.6 is 0 Å². The molecule has 9 heteroatoms. The minimum Gasteiger partial charge on any atom is -0.497 e. The lowest BCUT2D eigenvalue weighted by Crippen LogP contribution is -2.57. The number of nitrogens with zero attached hydrogens (tertiary/aromatic N) is 3. The molecule has 3 fully saturated rings. The molecular formula is C32H45N3O6. The van der Waals surface area contributed by atoms with E-state index >= 15 is 0 Å². The number of carbonyl (C=O) groups is 3. The van der Waals surface area contributed by atoms with Crippen LogP contribution in [0.2, 0.25) is 0 Å². The quantitative estimate of drug-likeness (QED) is 0.273. The van der Waals surface area contributed by atoms with Crippen LogP contribution in [0.15, 0.2) is 49.6 Å². The average molecular weight is 568 g/mol. The van der Waals surface area contributed by atoms with Crippen molar-refractivity contribution in [3.05, 3.63) is 49.6 Å². The van der Waals surface area contributed by atoms with Gasteiger partial charge in [0.05, 0.1) is 24.5 Å². The summed E-state index contributed by atoms with van der Waals surface area (Å²) in [6, 6.07) is 6.34. The van der Waals surface area contributed by atoms with Crippen molar-refractivity contribution in [3.63, 3.8) is 0 Å². The second kappa shape index (κ2) is 12.4. The van der Waals surface area contributed by atoms with Crippen molar-refractivity contribution in [1.29, 1.82) is 0 Å². The molecular weight excluding hydrogens is 522 g/mol. The van der Waals surface area contributed by atoms with Crippen LogP contribution < -0.4 is 9.64 Å². The Morgan fingerprint density at radius 1 is 1.12 bits per heavy atom. The third-order valence-electron chi connectivity index (χ3n) is 9.36. The molecule has 3 amide bonds. The van der Waals surface area contributed by atoms with E-state index in [1.165, 1.54) is 0 Å². The number of rotatable bonds is 14. The van der Waals surface area contributed by atoms with Crippen molar-refractivity contribution in [3.8, 4) is 5.75 Å². The zero-order valence-corrected chi connectivity index (χ0v) is 24.9. The number of anilines is 1. The smallest absolute Gasteiger partial charge is 0.253 e. The maximum Gasteiger partial charge on any atom is 0.253 e. The first-order valence-corrected chi connectivity index (χ1v) is 14.6. The third-order valence-corrected chi connectivity index (χ3v) is 9.36. The van der Waals surface area contributed by atoms with E-state index in [1.807, 2.05) is 26.0 Å². The lowest BCUT2D eigenvalue weighted by molar-refractivity contribution is -0.150. The minimum absolute atomic E-state index is 0.0359. The highest BCUT2D eigenvalue weighted by molar-refractivity contribution is 6.05. The highest BCUT2D eigenvalue weighted by atomic mass is 16.5. The molecule has 9 nitrogen and oxygen atoms in total. The molecule has 4 rings (SSSR count). The maximum atomic E-state index is 14.7. The lowest BCUT2D eigenvalue weighted by atomic mass is 9.62. The van der Waals surface area contributed by atoms with Crippen LogP contribution in [-0.4, -0.2) is 90.3 Å². The van der Waals surface area contributed by atoms with Crippen LogP contribution in [-0.2, 0) is 19.1 Å². The zero-order chi connectivity index (χ0) is 29.9. The van der Waals surface area contributed by atoms with Gasteiger partial charge in [-0.3, -0.25) is 14.4 Å². The van der Waals surface area contributed by atoms with Gasteiger partial charge in [0.25, 0.3) is 5.91 Å². The number of likely N-dealkylation sites (tertiary alicyclic amines) is 1. The van der Waals surface area contributed by atoms with Crippen LogP contribution in [0.25, 0.3) is 0 Å². The molecule has 2 bridgehead atoms. The van der Waals surface area contributed by atoms with Crippen molar-refractivity contribution in [2.24, 2.45) is 17.8 Å². The summed E-state index contributed by atoms with van der Waals surface area (Å²) in [5.74, 6) is -1.42. The number of hydrogen-bond donors (Lipinski definition) is 1. The van der Waals surface area contributed by atoms with Crippen molar-refractivity contribution in [2.45, 2.75) is 63.2 Å². The Balaban J connectivity index is 1.77. The van der Waals surface area contributed by atoms with E-state index < -0.39 is 29.1 Å². The molecule has 3 aliphatic heterocycles. The van der Waals surface area contributed by atoms with Crippen LogP contribution in [0, 0.1) is 17.8 Å². The maximum absolute atomic E-state index is 14.7. The molecule has 0 radical (unpaired) electrons. The summed E-state index contributed by atoms with van der Waals surface area (Å²) in [4.78, 5) is 47.8. The molecule has 3 saturated heterocycles. The lowest BCUT2D eigenvalue weighted by Gasteiger charge is -2.38. The Morgan fingerprint density at radius 3 is 2.39 bits per heavy atom. The monoisotopic (exact) mass is 567 g/mol. The molecule has 3 heterocycles. The summed E-state index contributed by atoms with van der Waals surface area (Å²) < 4.78 is 12.2. The van der Waals surface area contributed by atoms with Gasteiger partial charge < -0.3 is 29.3 Å². The number of benzene rings is 1. The molecule has 224 valence electrons. The zero-order valence-electron chi connectivity index (χ0n) is 24.9. The second-order valence-corrected chi connectivity index (χ2v) is 11.8. The molecule has 3 aliphatic rings. The summed E-state index contributed by atoms with van der Waals surface area (Å²) in [7, 11) is 3.30. The summed E-state index contributed by atoms with van der Waals surface area (Å²) in [5, 5.41) is 9.19. The normalized spacial score (nSPS) is 29.8. The van der Waals surface area contributed by atoms with E-state index in [9.17, 15) is 19.5 Å². The van der Waals surface area contributed by atoms with E-state index in [4.69, 9.17) is 9.47 Å². The molecule has 0 aliphatic carbocycles. The van der Waals surface area contributed by atoms with Gasteiger partial charge in [0, 0.05) is 39.0 Å². The van der Waals surface area contributed by atoms with E-state index in [0.717, 1.165) is 12.8 Å². The minimum atomic E-state index is -1.12. The number of aliphatic hydroxyl groups is 1. The van der Waals surface area contributed by atoms with E-state index in [0.29, 0.717) is 43.8 Å². The molecule has 0 saturated carbocycles. The van der Waals surface area contributed by atoms with Crippen molar-refractivity contribution in [2.75, 3.05) is 45.3 Å². The van der Waals surface area contributed by atoms with E-state index in [-0.39, 0.29) is 36.8 Å². The van der Waals surface area contributed by atoms with E-state index in [2.05, 4.69) is 13.2 Å². The Morgan fingerprint density at radius 2 is 1.78 bits per heavy atom. The van der Waals surface area contributed by atoms with Crippen molar-refractivity contribution < 1.29 is 29.0 Å². The van der Waals surface area contributed by atoms with Gasteiger partial charge in [-0.1, -0.05) is 31.9 Å². The Bertz CT molecular complexity index is 1150. The fourth-order valence-corrected chi connectivity index (χ4v) is 7.26. The number of carbonyl (C=O) groups excluding carboxylic acids is 3. The van der Waals surface area contributed by atoms with Crippen LogP contribution in [0.1, 0.15) is 46.0 Å². The van der Waals surface area contributed by atoms with Gasteiger partial charge in [-0.2, -0.15) is 0 Å². The highest BCUT2D eigenvalue weighted by Crippen LogP contribution is 2.65. The molecule has 0 aromatic heterocycles. The van der Waals surface area contributed by atoms with Crippen molar-refractivity contribution >= 4 is 23.4 Å². The van der Waals surface area contributed by atoms with Gasteiger partial charge in [0.2, 0.25) is 11.8 Å². The molecule has 41 heavy (non-hydrogen) atoms. The first-order valence-electron chi connectivity index (χ1n) is 14.6. The van der Waals surface area contributed by atoms with Crippen LogP contribution in [0.3, 0.4) is 0 Å². The fraction of sp³-hybridized carbons (Fsp3) is 0.594. The van der Waals surface area contributed by atoms with Gasteiger partial charge in [0.15, 0.2) is 0 Å². The largest absolute Gasteiger partial charge is 0.497 e. The number of hydrogen-bond acceptors (Lipinski definition) is 6. The second-order valence-electron chi connectivity index (χ2n) is 11.8. The molecule has 1 spiro atoms. The first kappa shape index (κ1) is 30.8. The predicted molar refractivity (Wildman–Crippen MR) is 157 cm³/mol. The summed E-state index contributed by atoms with van der Waals surface area (Å²) in [6.07, 6.45) is 6.87. The number of amides is 3. The van der Waals surface area contributed by atoms with Gasteiger partial charge in [-0.25, -0.2) is 0 Å².